The first-order valence-electron chi connectivity index (χ1n) is 7.64. The monoisotopic (exact) mass is 354 g/mol. The molecule has 1 amide bonds. The van der Waals surface area contributed by atoms with Crippen LogP contribution >= 0.6 is 12.4 Å². The summed E-state index contributed by atoms with van der Waals surface area (Å²) in [6, 6.07) is 9.70. The van der Waals surface area contributed by atoms with Gasteiger partial charge in [0, 0.05) is 18.7 Å². The predicted molar refractivity (Wildman–Crippen MR) is 90.4 cm³/mol. The molecule has 1 fully saturated rings. The molecule has 1 aromatic heterocycles. The summed E-state index contributed by atoms with van der Waals surface area (Å²) in [6.45, 7) is 2.48. The number of rotatable bonds is 5. The van der Waals surface area contributed by atoms with Crippen LogP contribution < -0.4 is 10.6 Å². The first-order chi connectivity index (χ1) is 11.2. The molecule has 1 unspecified atom stereocenters. The van der Waals surface area contributed by atoms with Crippen molar-refractivity contribution < 1.29 is 18.3 Å². The molecule has 0 spiro atoms. The number of carbonyl (C=O) groups excluding carboxylic acids is 1. The summed E-state index contributed by atoms with van der Waals surface area (Å²) in [7, 11) is 0. The number of halogens is 2. The average molecular weight is 355 g/mol. The summed E-state index contributed by atoms with van der Waals surface area (Å²) in [5, 5.41) is 6.01. The second-order valence-electron chi connectivity index (χ2n) is 5.45. The van der Waals surface area contributed by atoms with E-state index in [2.05, 4.69) is 10.6 Å². The minimum absolute atomic E-state index is 0. The number of furan rings is 1. The van der Waals surface area contributed by atoms with Crippen molar-refractivity contribution in [3.8, 4) is 11.3 Å². The molecule has 1 saturated heterocycles. The van der Waals surface area contributed by atoms with E-state index in [0.717, 1.165) is 12.1 Å². The van der Waals surface area contributed by atoms with E-state index in [9.17, 15) is 9.18 Å². The standard InChI is InChI=1S/C17H19FN2O3.ClH/c18-13-3-1-12(2-4-13)16-6-5-14(23-16)11-20-17(21)9-15-10-19-7-8-22-15;/h1-6,15,19H,7-11H2,(H,20,21);1H. The van der Waals surface area contributed by atoms with Crippen molar-refractivity contribution in [1.29, 1.82) is 0 Å². The van der Waals surface area contributed by atoms with Gasteiger partial charge in [0.25, 0.3) is 0 Å². The summed E-state index contributed by atoms with van der Waals surface area (Å²) in [5.41, 5.74) is 0.797. The third-order valence-electron chi connectivity index (χ3n) is 3.67. The summed E-state index contributed by atoms with van der Waals surface area (Å²) < 4.78 is 24.1. The highest BCUT2D eigenvalue weighted by atomic mass is 35.5. The van der Waals surface area contributed by atoms with Gasteiger partial charge < -0.3 is 19.8 Å². The van der Waals surface area contributed by atoms with Crippen LogP contribution in [0.15, 0.2) is 40.8 Å². The Hall–Kier alpha value is -1.89. The van der Waals surface area contributed by atoms with Crippen LogP contribution in [0, 0.1) is 5.82 Å². The number of benzene rings is 1. The van der Waals surface area contributed by atoms with Gasteiger partial charge in [0.2, 0.25) is 5.91 Å². The minimum Gasteiger partial charge on any atom is -0.459 e. The van der Waals surface area contributed by atoms with E-state index < -0.39 is 0 Å². The molecule has 1 aliphatic rings. The van der Waals surface area contributed by atoms with Crippen LogP contribution in [0.3, 0.4) is 0 Å². The molecule has 1 atom stereocenters. The lowest BCUT2D eigenvalue weighted by Crippen LogP contribution is -2.41. The maximum atomic E-state index is 12.9. The van der Waals surface area contributed by atoms with Crippen LogP contribution in [-0.2, 0) is 16.1 Å². The number of ether oxygens (including phenoxy) is 1. The largest absolute Gasteiger partial charge is 0.459 e. The highest BCUT2D eigenvalue weighted by Gasteiger charge is 2.17. The van der Waals surface area contributed by atoms with E-state index >= 15 is 0 Å². The molecule has 2 aromatic rings. The number of hydrogen-bond donors (Lipinski definition) is 2. The molecule has 0 bridgehead atoms. The van der Waals surface area contributed by atoms with E-state index in [1.807, 2.05) is 6.07 Å². The summed E-state index contributed by atoms with van der Waals surface area (Å²) >= 11 is 0. The van der Waals surface area contributed by atoms with Crippen molar-refractivity contribution in [2.45, 2.75) is 19.1 Å². The second kappa shape index (κ2) is 8.82. The topological polar surface area (TPSA) is 63.5 Å². The molecule has 1 aliphatic heterocycles. The number of hydrogen-bond acceptors (Lipinski definition) is 4. The van der Waals surface area contributed by atoms with Gasteiger partial charge in [-0.15, -0.1) is 12.4 Å². The summed E-state index contributed by atoms with van der Waals surface area (Å²) in [6.07, 6.45) is 0.258. The van der Waals surface area contributed by atoms with Crippen LogP contribution in [0.1, 0.15) is 12.2 Å². The molecule has 0 radical (unpaired) electrons. The Balaban J connectivity index is 0.00000208. The lowest BCUT2D eigenvalue weighted by atomic mass is 10.2. The zero-order chi connectivity index (χ0) is 16.1. The second-order valence-corrected chi connectivity index (χ2v) is 5.45. The number of nitrogens with one attached hydrogen (secondary N) is 2. The third-order valence-corrected chi connectivity index (χ3v) is 3.67. The minimum atomic E-state index is -0.285. The SMILES string of the molecule is Cl.O=C(CC1CNCCO1)NCc1ccc(-c2ccc(F)cc2)o1. The van der Waals surface area contributed by atoms with Gasteiger partial charge >= 0.3 is 0 Å². The quantitative estimate of drug-likeness (QED) is 0.866. The third kappa shape index (κ3) is 5.06. The number of amides is 1. The molecule has 0 saturated carbocycles. The van der Waals surface area contributed by atoms with Gasteiger partial charge in [0.05, 0.1) is 25.7 Å². The summed E-state index contributed by atoms with van der Waals surface area (Å²) in [5.74, 6) is 0.945. The van der Waals surface area contributed by atoms with Crippen LogP contribution in [0.25, 0.3) is 11.3 Å². The van der Waals surface area contributed by atoms with Crippen molar-refractivity contribution in [1.82, 2.24) is 10.6 Å². The molecule has 130 valence electrons. The Morgan fingerprint density at radius 1 is 1.25 bits per heavy atom. The fourth-order valence-electron chi connectivity index (χ4n) is 2.46. The van der Waals surface area contributed by atoms with Crippen molar-refractivity contribution in [3.05, 3.63) is 48.0 Å². The van der Waals surface area contributed by atoms with Crippen LogP contribution in [0.5, 0.6) is 0 Å². The molecule has 1 aromatic carbocycles. The van der Waals surface area contributed by atoms with Gasteiger partial charge in [-0.2, -0.15) is 0 Å². The predicted octanol–water partition coefficient (Wildman–Crippen LogP) is 2.50. The van der Waals surface area contributed by atoms with E-state index in [4.69, 9.17) is 9.15 Å². The van der Waals surface area contributed by atoms with Gasteiger partial charge in [-0.3, -0.25) is 4.79 Å². The molecule has 7 heteroatoms. The Morgan fingerprint density at radius 3 is 2.75 bits per heavy atom. The molecule has 2 heterocycles. The van der Waals surface area contributed by atoms with Crippen molar-refractivity contribution >= 4 is 18.3 Å². The Kier molecular flexibility index (Phi) is 6.78. The smallest absolute Gasteiger partial charge is 0.223 e. The van der Waals surface area contributed by atoms with E-state index in [0.29, 0.717) is 37.6 Å². The Morgan fingerprint density at radius 2 is 2.04 bits per heavy atom. The maximum absolute atomic E-state index is 12.9. The molecular formula is C17H20ClFN2O3. The zero-order valence-corrected chi connectivity index (χ0v) is 13.9. The van der Waals surface area contributed by atoms with Gasteiger partial charge in [0.15, 0.2) is 0 Å². The molecule has 3 rings (SSSR count). The lowest BCUT2D eigenvalue weighted by molar-refractivity contribution is -0.124. The van der Waals surface area contributed by atoms with E-state index in [1.165, 1.54) is 12.1 Å². The number of morpholine rings is 1. The normalized spacial score (nSPS) is 17.1. The highest BCUT2D eigenvalue weighted by molar-refractivity contribution is 5.85. The molecule has 0 aliphatic carbocycles. The Bertz CT molecular complexity index is 654. The van der Waals surface area contributed by atoms with Crippen molar-refractivity contribution in [2.75, 3.05) is 19.7 Å². The van der Waals surface area contributed by atoms with Crippen molar-refractivity contribution in [3.63, 3.8) is 0 Å². The molecular weight excluding hydrogens is 335 g/mol. The highest BCUT2D eigenvalue weighted by Crippen LogP contribution is 2.22. The fraction of sp³-hybridized carbons (Fsp3) is 0.353. The molecule has 2 N–H and O–H groups in total. The van der Waals surface area contributed by atoms with Gasteiger partial charge in [-0.05, 0) is 36.4 Å². The fourth-order valence-corrected chi connectivity index (χ4v) is 2.46. The van der Waals surface area contributed by atoms with Crippen LogP contribution in [0.4, 0.5) is 4.39 Å². The number of carbonyl (C=O) groups is 1. The first kappa shape index (κ1) is 18.4. The first-order valence-corrected chi connectivity index (χ1v) is 7.64. The average Bonchev–Trinajstić information content (AvgIpc) is 3.04. The van der Waals surface area contributed by atoms with Gasteiger partial charge in [0.1, 0.15) is 17.3 Å². The molecule has 5 nitrogen and oxygen atoms in total. The maximum Gasteiger partial charge on any atom is 0.223 e. The lowest BCUT2D eigenvalue weighted by Gasteiger charge is -2.22. The Labute approximate surface area is 146 Å². The summed E-state index contributed by atoms with van der Waals surface area (Å²) in [4.78, 5) is 11.9. The van der Waals surface area contributed by atoms with E-state index in [-0.39, 0.29) is 30.2 Å². The van der Waals surface area contributed by atoms with Crippen LogP contribution in [0.2, 0.25) is 0 Å². The van der Waals surface area contributed by atoms with Crippen LogP contribution in [-0.4, -0.2) is 31.7 Å². The van der Waals surface area contributed by atoms with Gasteiger partial charge in [-0.1, -0.05) is 0 Å². The van der Waals surface area contributed by atoms with E-state index in [1.54, 1.807) is 18.2 Å². The molecule has 24 heavy (non-hydrogen) atoms. The van der Waals surface area contributed by atoms with Crippen molar-refractivity contribution in [2.24, 2.45) is 0 Å². The zero-order valence-electron chi connectivity index (χ0n) is 13.1. The van der Waals surface area contributed by atoms with Gasteiger partial charge in [-0.25, -0.2) is 4.39 Å².